The van der Waals surface area contributed by atoms with Gasteiger partial charge in [0, 0.05) is 24.7 Å². The average Bonchev–Trinajstić information content (AvgIpc) is 3.23. The molecular weight excluding hydrogens is 288 g/mol. The van der Waals surface area contributed by atoms with E-state index >= 15 is 0 Å². The lowest BCUT2D eigenvalue weighted by molar-refractivity contribution is 0.0779. The van der Waals surface area contributed by atoms with E-state index in [1.807, 2.05) is 29.2 Å². The van der Waals surface area contributed by atoms with Gasteiger partial charge in [0.25, 0.3) is 5.91 Å². The van der Waals surface area contributed by atoms with Crippen molar-refractivity contribution in [2.45, 2.75) is 39.2 Å². The van der Waals surface area contributed by atoms with Crippen molar-refractivity contribution in [3.05, 3.63) is 29.8 Å². The smallest absolute Gasteiger partial charge is 0.254 e. The van der Waals surface area contributed by atoms with Crippen LogP contribution in [0.1, 0.15) is 43.5 Å². The normalized spacial score (nSPS) is 22.0. The van der Waals surface area contributed by atoms with Crippen LogP contribution < -0.4 is 4.74 Å². The van der Waals surface area contributed by atoms with E-state index in [4.69, 9.17) is 4.74 Å². The average molecular weight is 316 g/mol. The van der Waals surface area contributed by atoms with Crippen LogP contribution in [0.15, 0.2) is 24.3 Å². The molecular formula is C19H28N2O2. The molecule has 2 aliphatic heterocycles. The molecule has 1 aromatic rings. The van der Waals surface area contributed by atoms with Crippen LogP contribution in [-0.4, -0.2) is 54.5 Å². The van der Waals surface area contributed by atoms with Crippen molar-refractivity contribution in [2.24, 2.45) is 5.92 Å². The standard InChI is InChI=1S/C19H28N2O2/c1-15(2)14-23-18-7-5-6-16(12-18)19(22)21-11-8-17(13-21)20-9-3-4-10-20/h5-7,12,15,17H,3-4,8-11,13-14H2,1-2H3. The first-order valence-electron chi connectivity index (χ1n) is 8.89. The van der Waals surface area contributed by atoms with Gasteiger partial charge in [-0.05, 0) is 56.5 Å². The van der Waals surface area contributed by atoms with E-state index in [1.54, 1.807) is 0 Å². The monoisotopic (exact) mass is 316 g/mol. The van der Waals surface area contributed by atoms with Crippen molar-refractivity contribution in [3.8, 4) is 5.75 Å². The molecule has 1 unspecified atom stereocenters. The summed E-state index contributed by atoms with van der Waals surface area (Å²) in [6, 6.07) is 8.18. The van der Waals surface area contributed by atoms with Crippen molar-refractivity contribution < 1.29 is 9.53 Å². The quantitative estimate of drug-likeness (QED) is 0.837. The van der Waals surface area contributed by atoms with Crippen LogP contribution in [0.3, 0.4) is 0 Å². The van der Waals surface area contributed by atoms with Gasteiger partial charge in [0.15, 0.2) is 0 Å². The molecule has 1 aromatic carbocycles. The Morgan fingerprint density at radius 1 is 1.26 bits per heavy atom. The van der Waals surface area contributed by atoms with Gasteiger partial charge in [-0.15, -0.1) is 0 Å². The molecule has 4 heteroatoms. The number of likely N-dealkylation sites (tertiary alicyclic amines) is 2. The Morgan fingerprint density at radius 3 is 2.78 bits per heavy atom. The molecule has 0 spiro atoms. The van der Waals surface area contributed by atoms with Crippen LogP contribution in [0.2, 0.25) is 0 Å². The Morgan fingerprint density at radius 2 is 2.04 bits per heavy atom. The third kappa shape index (κ3) is 4.05. The number of benzene rings is 1. The molecule has 2 heterocycles. The number of hydrogen-bond acceptors (Lipinski definition) is 3. The minimum atomic E-state index is 0.140. The van der Waals surface area contributed by atoms with E-state index < -0.39 is 0 Å². The highest BCUT2D eigenvalue weighted by Gasteiger charge is 2.31. The fourth-order valence-electron chi connectivity index (χ4n) is 3.50. The van der Waals surface area contributed by atoms with Crippen molar-refractivity contribution in [1.82, 2.24) is 9.80 Å². The summed E-state index contributed by atoms with van der Waals surface area (Å²) in [5.74, 6) is 1.41. The highest BCUT2D eigenvalue weighted by molar-refractivity contribution is 5.94. The second kappa shape index (κ2) is 7.35. The van der Waals surface area contributed by atoms with Crippen LogP contribution in [0.25, 0.3) is 0 Å². The minimum absolute atomic E-state index is 0.140. The van der Waals surface area contributed by atoms with E-state index in [0.29, 0.717) is 18.6 Å². The first-order valence-corrected chi connectivity index (χ1v) is 8.89. The first kappa shape index (κ1) is 16.3. The number of nitrogens with zero attached hydrogens (tertiary/aromatic N) is 2. The molecule has 2 aliphatic rings. The van der Waals surface area contributed by atoms with Gasteiger partial charge in [0.1, 0.15) is 5.75 Å². The molecule has 2 fully saturated rings. The van der Waals surface area contributed by atoms with Gasteiger partial charge in [-0.25, -0.2) is 0 Å². The van der Waals surface area contributed by atoms with Gasteiger partial charge in [-0.2, -0.15) is 0 Å². The van der Waals surface area contributed by atoms with E-state index in [-0.39, 0.29) is 5.91 Å². The molecule has 3 rings (SSSR count). The molecule has 2 saturated heterocycles. The number of carbonyl (C=O) groups is 1. The van der Waals surface area contributed by atoms with E-state index in [2.05, 4.69) is 18.7 Å². The topological polar surface area (TPSA) is 32.8 Å². The zero-order chi connectivity index (χ0) is 16.2. The molecule has 4 nitrogen and oxygen atoms in total. The lowest BCUT2D eigenvalue weighted by atomic mass is 10.2. The highest BCUT2D eigenvalue weighted by atomic mass is 16.5. The van der Waals surface area contributed by atoms with Crippen LogP contribution >= 0.6 is 0 Å². The molecule has 0 saturated carbocycles. The largest absolute Gasteiger partial charge is 0.493 e. The maximum Gasteiger partial charge on any atom is 0.254 e. The van der Waals surface area contributed by atoms with Crippen molar-refractivity contribution >= 4 is 5.91 Å². The third-order valence-corrected chi connectivity index (χ3v) is 4.77. The van der Waals surface area contributed by atoms with Gasteiger partial charge in [-0.1, -0.05) is 19.9 Å². The Hall–Kier alpha value is -1.55. The SMILES string of the molecule is CC(C)COc1cccc(C(=O)N2CCC(N3CCCC3)C2)c1. The van der Waals surface area contributed by atoms with Gasteiger partial charge >= 0.3 is 0 Å². The maximum atomic E-state index is 12.7. The summed E-state index contributed by atoms with van der Waals surface area (Å²) in [4.78, 5) is 17.3. The van der Waals surface area contributed by atoms with Crippen LogP contribution in [0, 0.1) is 5.92 Å². The minimum Gasteiger partial charge on any atom is -0.493 e. The fourth-order valence-corrected chi connectivity index (χ4v) is 3.50. The van der Waals surface area contributed by atoms with Gasteiger partial charge < -0.3 is 9.64 Å². The molecule has 126 valence electrons. The summed E-state index contributed by atoms with van der Waals surface area (Å²) in [6.45, 7) is 9.07. The highest BCUT2D eigenvalue weighted by Crippen LogP contribution is 2.23. The van der Waals surface area contributed by atoms with Crippen molar-refractivity contribution in [2.75, 3.05) is 32.8 Å². The Labute approximate surface area is 139 Å². The zero-order valence-corrected chi connectivity index (χ0v) is 14.3. The molecule has 0 N–H and O–H groups in total. The summed E-state index contributed by atoms with van der Waals surface area (Å²) in [5.41, 5.74) is 0.744. The summed E-state index contributed by atoms with van der Waals surface area (Å²) in [7, 11) is 0. The van der Waals surface area contributed by atoms with E-state index in [9.17, 15) is 4.79 Å². The van der Waals surface area contributed by atoms with Gasteiger partial charge in [-0.3, -0.25) is 9.69 Å². The molecule has 0 aliphatic carbocycles. The number of ether oxygens (including phenoxy) is 1. The summed E-state index contributed by atoms with van der Waals surface area (Å²) in [6.07, 6.45) is 3.72. The van der Waals surface area contributed by atoms with Crippen LogP contribution in [0.4, 0.5) is 0 Å². The van der Waals surface area contributed by atoms with Crippen LogP contribution in [0.5, 0.6) is 5.75 Å². The third-order valence-electron chi connectivity index (χ3n) is 4.77. The van der Waals surface area contributed by atoms with Gasteiger partial charge in [0.2, 0.25) is 0 Å². The Bertz CT molecular complexity index is 538. The molecule has 0 aromatic heterocycles. The molecule has 23 heavy (non-hydrogen) atoms. The second-order valence-electron chi connectivity index (χ2n) is 7.17. The molecule has 0 radical (unpaired) electrons. The van der Waals surface area contributed by atoms with Gasteiger partial charge in [0.05, 0.1) is 6.61 Å². The number of hydrogen-bond donors (Lipinski definition) is 0. The van der Waals surface area contributed by atoms with Crippen LogP contribution in [-0.2, 0) is 0 Å². The lowest BCUT2D eigenvalue weighted by Crippen LogP contribution is -2.37. The van der Waals surface area contributed by atoms with Crippen molar-refractivity contribution in [3.63, 3.8) is 0 Å². The molecule has 1 amide bonds. The molecule has 1 atom stereocenters. The summed E-state index contributed by atoms with van der Waals surface area (Å²) < 4.78 is 5.74. The second-order valence-corrected chi connectivity index (χ2v) is 7.17. The predicted octanol–water partition coefficient (Wildman–Crippen LogP) is 3.03. The van der Waals surface area contributed by atoms with Crippen molar-refractivity contribution in [1.29, 1.82) is 0 Å². The predicted molar refractivity (Wildman–Crippen MR) is 91.9 cm³/mol. The Balaban J connectivity index is 1.60. The number of rotatable bonds is 5. The summed E-state index contributed by atoms with van der Waals surface area (Å²) in [5, 5.41) is 0. The first-order chi connectivity index (χ1) is 11.1. The fraction of sp³-hybridized carbons (Fsp3) is 0.632. The van der Waals surface area contributed by atoms with E-state index in [1.165, 1.54) is 25.9 Å². The lowest BCUT2D eigenvalue weighted by Gasteiger charge is -2.23. The maximum absolute atomic E-state index is 12.7. The zero-order valence-electron chi connectivity index (χ0n) is 14.3. The van der Waals surface area contributed by atoms with E-state index in [0.717, 1.165) is 30.8 Å². The Kier molecular flexibility index (Phi) is 5.21. The number of carbonyl (C=O) groups excluding carboxylic acids is 1. The summed E-state index contributed by atoms with van der Waals surface area (Å²) >= 11 is 0. The molecule has 0 bridgehead atoms. The number of amides is 1.